The number of anilines is 1. The predicted octanol–water partition coefficient (Wildman–Crippen LogP) is 4.10. The standard InChI is InChI=1S/C19H13ClF3N3O3/c20-13-7-5-12(6-8-13)14-9-10-18(28)26(25-14)11-17(27)24-15-3-1-2-4-16(15)29-19(21,22)23/h1-10H,11H2,(H,24,27). The number of halogens is 4. The Balaban J connectivity index is 1.79. The maximum Gasteiger partial charge on any atom is 0.573 e. The van der Waals surface area contributed by atoms with E-state index in [-0.39, 0.29) is 5.69 Å². The number of hydrogen-bond donors (Lipinski definition) is 1. The Morgan fingerprint density at radius 1 is 1.07 bits per heavy atom. The molecule has 0 radical (unpaired) electrons. The molecule has 0 fully saturated rings. The lowest BCUT2D eigenvalue weighted by atomic mass is 10.1. The van der Waals surface area contributed by atoms with Crippen LogP contribution < -0.4 is 15.6 Å². The van der Waals surface area contributed by atoms with Crippen LogP contribution in [0.1, 0.15) is 0 Å². The largest absolute Gasteiger partial charge is 0.573 e. The molecule has 0 saturated carbocycles. The van der Waals surface area contributed by atoms with E-state index in [0.717, 1.165) is 10.7 Å². The summed E-state index contributed by atoms with van der Waals surface area (Å²) in [5.41, 5.74) is 0.372. The van der Waals surface area contributed by atoms with Gasteiger partial charge in [0.25, 0.3) is 5.56 Å². The average molecular weight is 424 g/mol. The lowest BCUT2D eigenvalue weighted by Crippen LogP contribution is -2.29. The molecular weight excluding hydrogens is 411 g/mol. The van der Waals surface area contributed by atoms with Gasteiger partial charge in [-0.15, -0.1) is 13.2 Å². The van der Waals surface area contributed by atoms with Crippen molar-refractivity contribution in [1.82, 2.24) is 9.78 Å². The van der Waals surface area contributed by atoms with Crippen LogP contribution in [0.5, 0.6) is 5.75 Å². The summed E-state index contributed by atoms with van der Waals surface area (Å²) >= 11 is 5.85. The molecule has 0 bridgehead atoms. The molecule has 2 aromatic carbocycles. The minimum atomic E-state index is -4.91. The van der Waals surface area contributed by atoms with Crippen LogP contribution in [0.3, 0.4) is 0 Å². The van der Waals surface area contributed by atoms with Crippen LogP contribution in [-0.4, -0.2) is 22.1 Å². The van der Waals surface area contributed by atoms with Crippen molar-refractivity contribution in [3.05, 3.63) is 76.0 Å². The summed E-state index contributed by atoms with van der Waals surface area (Å²) in [6, 6.07) is 14.5. The molecule has 3 rings (SSSR count). The first-order valence-electron chi connectivity index (χ1n) is 8.20. The Hall–Kier alpha value is -3.33. The number of carbonyl (C=O) groups excluding carboxylic acids is 1. The molecular formula is C19H13ClF3N3O3. The predicted molar refractivity (Wildman–Crippen MR) is 101 cm³/mol. The number of ether oxygens (including phenoxy) is 1. The van der Waals surface area contributed by atoms with E-state index in [1.807, 2.05) is 0 Å². The summed E-state index contributed by atoms with van der Waals surface area (Å²) in [5, 5.41) is 6.95. The quantitative estimate of drug-likeness (QED) is 0.670. The molecule has 6 nitrogen and oxygen atoms in total. The SMILES string of the molecule is O=C(Cn1nc(-c2ccc(Cl)cc2)ccc1=O)Nc1ccccc1OC(F)(F)F. The number of alkyl halides is 3. The van der Waals surface area contributed by atoms with Gasteiger partial charge in [0.1, 0.15) is 6.54 Å². The highest BCUT2D eigenvalue weighted by atomic mass is 35.5. The maximum atomic E-state index is 12.5. The van der Waals surface area contributed by atoms with Gasteiger partial charge in [0.2, 0.25) is 5.91 Å². The molecule has 1 aromatic heterocycles. The zero-order valence-corrected chi connectivity index (χ0v) is 15.4. The Labute approximate surface area is 167 Å². The number of aromatic nitrogens is 2. The summed E-state index contributed by atoms with van der Waals surface area (Å²) in [6.45, 7) is -0.499. The molecule has 0 atom stereocenters. The van der Waals surface area contributed by atoms with Crippen LogP contribution >= 0.6 is 11.6 Å². The highest BCUT2D eigenvalue weighted by molar-refractivity contribution is 6.30. The molecule has 0 aliphatic carbocycles. The molecule has 0 saturated heterocycles. The van der Waals surface area contributed by atoms with Crippen molar-refractivity contribution < 1.29 is 22.7 Å². The van der Waals surface area contributed by atoms with Gasteiger partial charge < -0.3 is 10.1 Å². The number of amides is 1. The molecule has 0 spiro atoms. The zero-order chi connectivity index (χ0) is 21.0. The number of hydrogen-bond acceptors (Lipinski definition) is 4. The summed E-state index contributed by atoms with van der Waals surface area (Å²) in [5.74, 6) is -1.31. The lowest BCUT2D eigenvalue weighted by molar-refractivity contribution is -0.274. The van der Waals surface area contributed by atoms with Crippen molar-refractivity contribution in [2.75, 3.05) is 5.32 Å². The Kier molecular flexibility index (Phi) is 5.88. The van der Waals surface area contributed by atoms with Gasteiger partial charge in [0.05, 0.1) is 11.4 Å². The van der Waals surface area contributed by atoms with Gasteiger partial charge >= 0.3 is 6.36 Å². The second-order valence-electron chi connectivity index (χ2n) is 5.81. The second-order valence-corrected chi connectivity index (χ2v) is 6.25. The van der Waals surface area contributed by atoms with Crippen LogP contribution in [0.25, 0.3) is 11.3 Å². The number of rotatable bonds is 5. The number of nitrogens with zero attached hydrogens (tertiary/aromatic N) is 2. The molecule has 0 aliphatic rings. The molecule has 0 aliphatic heterocycles. The molecule has 1 heterocycles. The molecule has 29 heavy (non-hydrogen) atoms. The van der Waals surface area contributed by atoms with Crippen molar-refractivity contribution >= 4 is 23.2 Å². The van der Waals surface area contributed by atoms with Crippen LogP contribution in [0.2, 0.25) is 5.02 Å². The number of carbonyl (C=O) groups is 1. The van der Waals surface area contributed by atoms with Crippen molar-refractivity contribution in [2.24, 2.45) is 0 Å². The summed E-state index contributed by atoms with van der Waals surface area (Å²) in [4.78, 5) is 24.3. The van der Waals surface area contributed by atoms with Crippen molar-refractivity contribution in [1.29, 1.82) is 0 Å². The van der Waals surface area contributed by atoms with Gasteiger partial charge in [0, 0.05) is 16.7 Å². The van der Waals surface area contributed by atoms with Crippen molar-refractivity contribution in [3.8, 4) is 17.0 Å². The van der Waals surface area contributed by atoms with Crippen molar-refractivity contribution in [3.63, 3.8) is 0 Å². The highest BCUT2D eigenvalue weighted by Gasteiger charge is 2.32. The number of para-hydroxylation sites is 2. The minimum absolute atomic E-state index is 0.184. The Bertz CT molecular complexity index is 1080. The molecule has 1 N–H and O–H groups in total. The Morgan fingerprint density at radius 2 is 1.76 bits per heavy atom. The van der Waals surface area contributed by atoms with E-state index in [1.165, 1.54) is 30.3 Å². The number of benzene rings is 2. The van der Waals surface area contributed by atoms with Gasteiger partial charge in [-0.3, -0.25) is 9.59 Å². The molecule has 1 amide bonds. The summed E-state index contributed by atoms with van der Waals surface area (Å²) < 4.78 is 42.3. The third-order valence-electron chi connectivity index (χ3n) is 3.69. The smallest absolute Gasteiger partial charge is 0.404 e. The van der Waals surface area contributed by atoms with Gasteiger partial charge in [0.15, 0.2) is 5.75 Å². The van der Waals surface area contributed by atoms with E-state index in [0.29, 0.717) is 16.3 Å². The maximum absolute atomic E-state index is 12.5. The van der Waals surface area contributed by atoms with Gasteiger partial charge in [-0.1, -0.05) is 35.9 Å². The third kappa shape index (κ3) is 5.58. The van der Waals surface area contributed by atoms with E-state index >= 15 is 0 Å². The molecule has 3 aromatic rings. The number of nitrogens with one attached hydrogen (secondary N) is 1. The van der Waals surface area contributed by atoms with Gasteiger partial charge in [-0.05, 0) is 30.3 Å². The van der Waals surface area contributed by atoms with Crippen LogP contribution in [0.4, 0.5) is 18.9 Å². The fraction of sp³-hybridized carbons (Fsp3) is 0.105. The second kappa shape index (κ2) is 8.36. The van der Waals surface area contributed by atoms with E-state index in [4.69, 9.17) is 11.6 Å². The topological polar surface area (TPSA) is 73.2 Å². The van der Waals surface area contributed by atoms with Crippen molar-refractivity contribution in [2.45, 2.75) is 12.9 Å². The normalized spacial score (nSPS) is 11.2. The summed E-state index contributed by atoms with van der Waals surface area (Å²) in [6.07, 6.45) is -4.91. The minimum Gasteiger partial charge on any atom is -0.404 e. The first-order chi connectivity index (χ1) is 13.7. The van der Waals surface area contributed by atoms with Crippen LogP contribution in [0.15, 0.2) is 65.5 Å². The van der Waals surface area contributed by atoms with Gasteiger partial charge in [-0.2, -0.15) is 5.10 Å². The van der Waals surface area contributed by atoms with Crippen LogP contribution in [0, 0.1) is 0 Å². The van der Waals surface area contributed by atoms with E-state index in [1.54, 1.807) is 24.3 Å². The third-order valence-corrected chi connectivity index (χ3v) is 3.94. The first kappa shape index (κ1) is 20.4. The van der Waals surface area contributed by atoms with E-state index in [2.05, 4.69) is 15.2 Å². The van der Waals surface area contributed by atoms with E-state index in [9.17, 15) is 22.8 Å². The average Bonchev–Trinajstić information content (AvgIpc) is 2.65. The molecule has 150 valence electrons. The molecule has 0 unspecified atom stereocenters. The van der Waals surface area contributed by atoms with E-state index < -0.39 is 30.1 Å². The highest BCUT2D eigenvalue weighted by Crippen LogP contribution is 2.29. The zero-order valence-electron chi connectivity index (χ0n) is 14.6. The first-order valence-corrected chi connectivity index (χ1v) is 8.58. The molecule has 10 heteroatoms. The fourth-order valence-electron chi connectivity index (χ4n) is 2.45. The Morgan fingerprint density at radius 3 is 2.45 bits per heavy atom. The fourth-order valence-corrected chi connectivity index (χ4v) is 2.57. The van der Waals surface area contributed by atoms with Gasteiger partial charge in [-0.25, -0.2) is 4.68 Å². The lowest BCUT2D eigenvalue weighted by Gasteiger charge is -2.14. The monoisotopic (exact) mass is 423 g/mol. The van der Waals surface area contributed by atoms with Crippen LogP contribution in [-0.2, 0) is 11.3 Å². The summed E-state index contributed by atoms with van der Waals surface area (Å²) in [7, 11) is 0.